The van der Waals surface area contributed by atoms with Gasteiger partial charge in [-0.25, -0.2) is 9.59 Å². The number of benzene rings is 1. The van der Waals surface area contributed by atoms with Gasteiger partial charge in [0.2, 0.25) is 5.91 Å². The summed E-state index contributed by atoms with van der Waals surface area (Å²) in [6, 6.07) is 3.57. The molecule has 1 atom stereocenters. The van der Waals surface area contributed by atoms with Gasteiger partial charge in [-0.1, -0.05) is 6.07 Å². The lowest BCUT2D eigenvalue weighted by molar-refractivity contribution is -0.134. The van der Waals surface area contributed by atoms with Crippen LogP contribution in [0, 0.1) is 0 Å². The third-order valence-electron chi connectivity index (χ3n) is 3.17. The number of carbonyl (C=O) groups is 3. The molecule has 0 fully saturated rings. The van der Waals surface area contributed by atoms with Crippen molar-refractivity contribution < 1.29 is 29.0 Å². The zero-order chi connectivity index (χ0) is 19.9. The molecule has 0 spiro atoms. The highest BCUT2D eigenvalue weighted by molar-refractivity contribution is 5.87. The van der Waals surface area contributed by atoms with Gasteiger partial charge >= 0.3 is 12.1 Å². The van der Waals surface area contributed by atoms with E-state index in [1.165, 1.54) is 19.3 Å². The number of phenolic OH excluding ortho intramolecular Hbond substituents is 1. The minimum absolute atomic E-state index is 0.0513. The molecule has 1 rings (SSSR count). The Bertz CT molecular complexity index is 706. The van der Waals surface area contributed by atoms with Crippen LogP contribution in [0.5, 0.6) is 5.75 Å². The van der Waals surface area contributed by atoms with Gasteiger partial charge in [0.15, 0.2) is 0 Å². The van der Waals surface area contributed by atoms with E-state index in [4.69, 9.17) is 10.5 Å². The number of alkyl carbamates (subject to hydrolysis) is 1. The van der Waals surface area contributed by atoms with E-state index in [2.05, 4.69) is 10.1 Å². The van der Waals surface area contributed by atoms with Crippen LogP contribution in [0.2, 0.25) is 0 Å². The summed E-state index contributed by atoms with van der Waals surface area (Å²) in [7, 11) is 1.24. The molecule has 2 amide bonds. The molecule has 1 aromatic carbocycles. The molecule has 0 radical (unpaired) electrons. The van der Waals surface area contributed by atoms with E-state index in [1.807, 2.05) is 0 Å². The molecule has 0 aliphatic rings. The Kier molecular flexibility index (Phi) is 7.18. The van der Waals surface area contributed by atoms with Crippen LogP contribution >= 0.6 is 0 Å². The lowest BCUT2D eigenvalue weighted by Crippen LogP contribution is -2.47. The van der Waals surface area contributed by atoms with Gasteiger partial charge in [-0.3, -0.25) is 4.79 Å². The second-order valence-electron chi connectivity index (χ2n) is 6.55. The molecule has 4 N–H and O–H groups in total. The SMILES string of the molecule is COC(=O)/C=C/c1cc(C[C@H](NC(=O)OC(C)(C)C)C(N)=O)ccc1O. The summed E-state index contributed by atoms with van der Waals surface area (Å²) in [6.45, 7) is 5.10. The average Bonchev–Trinajstić information content (AvgIpc) is 2.52. The maximum absolute atomic E-state index is 11.9. The lowest BCUT2D eigenvalue weighted by Gasteiger charge is -2.22. The van der Waals surface area contributed by atoms with Crippen LogP contribution in [-0.4, -0.2) is 41.8 Å². The number of primary amides is 1. The van der Waals surface area contributed by atoms with Gasteiger partial charge in [-0.2, -0.15) is 0 Å². The summed E-state index contributed by atoms with van der Waals surface area (Å²) in [4.78, 5) is 34.7. The van der Waals surface area contributed by atoms with Gasteiger partial charge < -0.3 is 25.6 Å². The summed E-state index contributed by atoms with van der Waals surface area (Å²) in [6.07, 6.45) is 1.87. The van der Waals surface area contributed by atoms with Gasteiger partial charge in [0, 0.05) is 18.1 Å². The molecule has 26 heavy (non-hydrogen) atoms. The fourth-order valence-electron chi connectivity index (χ4n) is 2.00. The second-order valence-corrected chi connectivity index (χ2v) is 6.55. The van der Waals surface area contributed by atoms with Crippen molar-refractivity contribution >= 4 is 24.0 Å². The molecule has 0 bridgehead atoms. The fourth-order valence-corrected chi connectivity index (χ4v) is 2.00. The number of rotatable bonds is 6. The van der Waals surface area contributed by atoms with E-state index in [1.54, 1.807) is 32.9 Å². The molecule has 0 aliphatic carbocycles. The van der Waals surface area contributed by atoms with Crippen LogP contribution in [0.1, 0.15) is 31.9 Å². The topological polar surface area (TPSA) is 128 Å². The van der Waals surface area contributed by atoms with Gasteiger partial charge in [0.05, 0.1) is 7.11 Å². The van der Waals surface area contributed by atoms with Crippen LogP contribution in [-0.2, 0) is 25.5 Å². The molecule has 0 heterocycles. The highest BCUT2D eigenvalue weighted by Gasteiger charge is 2.23. The normalized spacial score (nSPS) is 12.5. The van der Waals surface area contributed by atoms with Crippen molar-refractivity contribution in [3.05, 3.63) is 35.4 Å². The van der Waals surface area contributed by atoms with Crippen molar-refractivity contribution in [2.75, 3.05) is 7.11 Å². The maximum atomic E-state index is 11.9. The first-order valence-corrected chi connectivity index (χ1v) is 7.88. The monoisotopic (exact) mass is 364 g/mol. The highest BCUT2D eigenvalue weighted by Crippen LogP contribution is 2.21. The molecule has 0 unspecified atom stereocenters. The molecule has 142 valence electrons. The Morgan fingerprint density at radius 3 is 2.50 bits per heavy atom. The summed E-state index contributed by atoms with van der Waals surface area (Å²) < 4.78 is 9.61. The van der Waals surface area contributed by atoms with E-state index in [0.29, 0.717) is 11.1 Å². The Balaban J connectivity index is 2.92. The number of esters is 1. The van der Waals surface area contributed by atoms with Gasteiger partial charge in [0.25, 0.3) is 0 Å². The maximum Gasteiger partial charge on any atom is 0.408 e. The molecule has 8 nitrogen and oxygen atoms in total. The van der Waals surface area contributed by atoms with Crippen molar-refractivity contribution in [3.63, 3.8) is 0 Å². The predicted molar refractivity (Wildman–Crippen MR) is 95.2 cm³/mol. The minimum atomic E-state index is -0.994. The van der Waals surface area contributed by atoms with E-state index >= 15 is 0 Å². The summed E-state index contributed by atoms with van der Waals surface area (Å²) >= 11 is 0. The average molecular weight is 364 g/mol. The fraction of sp³-hybridized carbons (Fsp3) is 0.389. The van der Waals surface area contributed by atoms with E-state index < -0.39 is 29.6 Å². The molecule has 1 aromatic rings. The number of aromatic hydroxyl groups is 1. The van der Waals surface area contributed by atoms with Crippen molar-refractivity contribution in [3.8, 4) is 5.75 Å². The van der Waals surface area contributed by atoms with Crippen LogP contribution in [0.4, 0.5) is 4.79 Å². The Morgan fingerprint density at radius 2 is 1.96 bits per heavy atom. The van der Waals surface area contributed by atoms with Gasteiger partial charge in [-0.05, 0) is 44.5 Å². The molecule has 8 heteroatoms. The molecule has 0 saturated carbocycles. The second kappa shape index (κ2) is 8.89. The van der Waals surface area contributed by atoms with Crippen LogP contribution in [0.15, 0.2) is 24.3 Å². The molecule has 0 aliphatic heterocycles. The molecule has 0 saturated heterocycles. The smallest absolute Gasteiger partial charge is 0.408 e. The Morgan fingerprint density at radius 1 is 1.31 bits per heavy atom. The number of carbonyl (C=O) groups excluding carboxylic acids is 3. The van der Waals surface area contributed by atoms with Crippen molar-refractivity contribution in [2.45, 2.75) is 38.8 Å². The van der Waals surface area contributed by atoms with E-state index in [9.17, 15) is 19.5 Å². The van der Waals surface area contributed by atoms with Crippen molar-refractivity contribution in [2.24, 2.45) is 5.73 Å². The largest absolute Gasteiger partial charge is 0.507 e. The van der Waals surface area contributed by atoms with Crippen molar-refractivity contribution in [1.29, 1.82) is 0 Å². The first-order chi connectivity index (χ1) is 12.0. The third-order valence-corrected chi connectivity index (χ3v) is 3.17. The van der Waals surface area contributed by atoms with Crippen LogP contribution in [0.3, 0.4) is 0 Å². The number of hydrogen-bond donors (Lipinski definition) is 3. The number of nitrogens with one attached hydrogen (secondary N) is 1. The Labute approximate surface area is 152 Å². The van der Waals surface area contributed by atoms with Crippen molar-refractivity contribution in [1.82, 2.24) is 5.32 Å². The standard InChI is InChI=1S/C18H24N2O6/c1-18(2,3)26-17(24)20-13(16(19)23)10-11-5-7-14(21)12(9-11)6-8-15(22)25-4/h5-9,13,21H,10H2,1-4H3,(H2,19,23)(H,20,24)/b8-6+/t13-/m0/s1. The van der Waals surface area contributed by atoms with Gasteiger partial charge in [-0.15, -0.1) is 0 Å². The Hall–Kier alpha value is -3.03. The summed E-state index contributed by atoms with van der Waals surface area (Å²) in [5, 5.41) is 12.3. The molecular formula is C18H24N2O6. The number of phenols is 1. The zero-order valence-corrected chi connectivity index (χ0v) is 15.2. The van der Waals surface area contributed by atoms with E-state index in [0.717, 1.165) is 6.08 Å². The first-order valence-electron chi connectivity index (χ1n) is 7.88. The van der Waals surface area contributed by atoms with Gasteiger partial charge in [0.1, 0.15) is 17.4 Å². The number of nitrogens with two attached hydrogens (primary N) is 1. The number of methoxy groups -OCH3 is 1. The highest BCUT2D eigenvalue weighted by atomic mass is 16.6. The molecular weight excluding hydrogens is 340 g/mol. The van der Waals surface area contributed by atoms with Crippen LogP contribution < -0.4 is 11.1 Å². The van der Waals surface area contributed by atoms with Crippen LogP contribution in [0.25, 0.3) is 6.08 Å². The zero-order valence-electron chi connectivity index (χ0n) is 15.2. The molecule has 0 aromatic heterocycles. The third kappa shape index (κ3) is 7.25. The minimum Gasteiger partial charge on any atom is -0.507 e. The van der Waals surface area contributed by atoms with E-state index in [-0.39, 0.29) is 12.2 Å². The summed E-state index contributed by atoms with van der Waals surface area (Å²) in [5.41, 5.74) is 5.61. The predicted octanol–water partition coefficient (Wildman–Crippen LogP) is 1.50. The summed E-state index contributed by atoms with van der Waals surface area (Å²) in [5.74, 6) is -1.35. The number of amides is 2. The lowest BCUT2D eigenvalue weighted by atomic mass is 10.0. The first kappa shape index (κ1) is 21.0. The number of hydrogen-bond acceptors (Lipinski definition) is 6. The quantitative estimate of drug-likeness (QED) is 0.518. The number of ether oxygens (including phenoxy) is 2.